The highest BCUT2D eigenvalue weighted by Crippen LogP contribution is 2.26. The van der Waals surface area contributed by atoms with Crippen molar-refractivity contribution >= 4 is 34.5 Å². The number of halogens is 1. The van der Waals surface area contributed by atoms with Crippen molar-refractivity contribution in [3.05, 3.63) is 89.3 Å². The maximum atomic E-state index is 12.2. The number of benzene rings is 2. The zero-order valence-electron chi connectivity index (χ0n) is 15.1. The number of furan rings is 1. The number of rotatable bonds is 4. The van der Waals surface area contributed by atoms with Gasteiger partial charge in [0.1, 0.15) is 17.0 Å². The lowest BCUT2D eigenvalue weighted by Crippen LogP contribution is -2.04. The number of carbonyl (C=O) groups is 1. The number of nitrogens with zero attached hydrogens (tertiary/aromatic N) is 1. The summed E-state index contributed by atoms with van der Waals surface area (Å²) >= 11 is 5.90. The monoisotopic (exact) mass is 389 g/mol. The first-order valence-electron chi connectivity index (χ1n) is 8.70. The third kappa shape index (κ3) is 3.97. The second-order valence-corrected chi connectivity index (χ2v) is 6.68. The van der Waals surface area contributed by atoms with Crippen molar-refractivity contribution in [2.24, 2.45) is 0 Å². The van der Waals surface area contributed by atoms with Crippen molar-refractivity contribution in [3.8, 4) is 17.1 Å². The largest absolute Gasteiger partial charge is 0.457 e. The van der Waals surface area contributed by atoms with Gasteiger partial charge in [-0.1, -0.05) is 29.8 Å². The number of esters is 1. The number of carbonyl (C=O) groups excluding carboxylic acids is 1. The van der Waals surface area contributed by atoms with Gasteiger partial charge in [0.05, 0.1) is 0 Å². The zero-order chi connectivity index (χ0) is 19.5. The van der Waals surface area contributed by atoms with Crippen molar-refractivity contribution < 1.29 is 13.9 Å². The van der Waals surface area contributed by atoms with E-state index in [9.17, 15) is 4.79 Å². The fraction of sp³-hybridized carbons (Fsp3) is 0.0435. The van der Waals surface area contributed by atoms with Gasteiger partial charge in [-0.25, -0.2) is 9.78 Å². The molecule has 28 heavy (non-hydrogen) atoms. The molecule has 0 amide bonds. The Hall–Kier alpha value is -3.37. The summed E-state index contributed by atoms with van der Waals surface area (Å²) in [6, 6.07) is 20.3. The molecule has 4 rings (SSSR count). The van der Waals surface area contributed by atoms with Crippen molar-refractivity contribution in [1.29, 1.82) is 0 Å². The third-order valence-electron chi connectivity index (χ3n) is 4.17. The van der Waals surface area contributed by atoms with E-state index in [1.165, 1.54) is 6.08 Å². The van der Waals surface area contributed by atoms with Gasteiger partial charge in [0.15, 0.2) is 5.75 Å². The van der Waals surface area contributed by atoms with Crippen LogP contribution in [0.5, 0.6) is 5.75 Å². The molecule has 0 radical (unpaired) electrons. The van der Waals surface area contributed by atoms with E-state index in [0.717, 1.165) is 16.6 Å². The van der Waals surface area contributed by atoms with Crippen LogP contribution in [0.3, 0.4) is 0 Å². The van der Waals surface area contributed by atoms with Gasteiger partial charge < -0.3 is 9.15 Å². The number of fused-ring (bicyclic) bond motifs is 1. The molecule has 0 aliphatic heterocycles. The van der Waals surface area contributed by atoms with Gasteiger partial charge >= 0.3 is 5.97 Å². The van der Waals surface area contributed by atoms with Crippen molar-refractivity contribution in [1.82, 2.24) is 4.98 Å². The number of hydrogen-bond acceptors (Lipinski definition) is 4. The number of aromatic nitrogens is 1. The molecule has 4 aromatic rings. The average molecular weight is 390 g/mol. The smallest absolute Gasteiger partial charge is 0.336 e. The minimum atomic E-state index is -0.500. The lowest BCUT2D eigenvalue weighted by Gasteiger charge is -2.05. The van der Waals surface area contributed by atoms with Gasteiger partial charge in [0, 0.05) is 27.7 Å². The topological polar surface area (TPSA) is 52.3 Å². The van der Waals surface area contributed by atoms with E-state index >= 15 is 0 Å². The molecule has 0 aliphatic rings. The van der Waals surface area contributed by atoms with Gasteiger partial charge in [0.25, 0.3) is 0 Å². The molecule has 0 aliphatic carbocycles. The molecule has 0 fully saturated rings. The Labute approximate surface area is 167 Å². The predicted molar refractivity (Wildman–Crippen MR) is 110 cm³/mol. The summed E-state index contributed by atoms with van der Waals surface area (Å²) in [7, 11) is 0. The Morgan fingerprint density at radius 1 is 1.04 bits per heavy atom. The van der Waals surface area contributed by atoms with Crippen molar-refractivity contribution in [3.63, 3.8) is 0 Å². The van der Waals surface area contributed by atoms with Crippen LogP contribution in [0.15, 0.2) is 77.2 Å². The summed E-state index contributed by atoms with van der Waals surface area (Å²) in [5.74, 6) is 1.17. The van der Waals surface area contributed by atoms with Gasteiger partial charge in [-0.2, -0.15) is 0 Å². The van der Waals surface area contributed by atoms with E-state index in [0.29, 0.717) is 27.8 Å². The minimum absolute atomic E-state index is 0.428. The SMILES string of the molecule is Cc1ccc2cccc(OC(=O)/C=C/c3ccc(-c4ccc(Cl)cc4)o3)c2n1. The highest BCUT2D eigenvalue weighted by Gasteiger charge is 2.08. The maximum Gasteiger partial charge on any atom is 0.336 e. The van der Waals surface area contributed by atoms with Crippen LogP contribution < -0.4 is 4.74 Å². The first kappa shape index (κ1) is 18.0. The zero-order valence-corrected chi connectivity index (χ0v) is 15.8. The van der Waals surface area contributed by atoms with Crippen LogP contribution >= 0.6 is 11.6 Å². The fourth-order valence-electron chi connectivity index (χ4n) is 2.80. The Morgan fingerprint density at radius 3 is 2.68 bits per heavy atom. The molecular formula is C23H16ClNO3. The Balaban J connectivity index is 1.49. The first-order chi connectivity index (χ1) is 13.6. The van der Waals surface area contributed by atoms with Crippen molar-refractivity contribution in [2.75, 3.05) is 0 Å². The van der Waals surface area contributed by atoms with Crippen molar-refractivity contribution in [2.45, 2.75) is 6.92 Å². The Kier molecular flexibility index (Phi) is 4.96. The molecule has 138 valence electrons. The first-order valence-corrected chi connectivity index (χ1v) is 9.08. The van der Waals surface area contributed by atoms with Crippen LogP contribution in [-0.2, 0) is 4.79 Å². The second kappa shape index (κ2) is 7.71. The van der Waals surface area contributed by atoms with Gasteiger partial charge in [-0.05, 0) is 61.5 Å². The van der Waals surface area contributed by atoms with Gasteiger partial charge in [-0.15, -0.1) is 0 Å². The Bertz CT molecular complexity index is 1180. The summed E-state index contributed by atoms with van der Waals surface area (Å²) in [4.78, 5) is 16.7. The molecule has 2 aromatic heterocycles. The summed E-state index contributed by atoms with van der Waals surface area (Å²) in [5, 5.41) is 1.58. The minimum Gasteiger partial charge on any atom is -0.457 e. The molecule has 0 saturated heterocycles. The quantitative estimate of drug-likeness (QED) is 0.241. The van der Waals surface area contributed by atoms with E-state index in [1.54, 1.807) is 30.3 Å². The summed E-state index contributed by atoms with van der Waals surface area (Å²) in [5.41, 5.74) is 2.42. The summed E-state index contributed by atoms with van der Waals surface area (Å²) < 4.78 is 11.2. The molecule has 0 spiro atoms. The van der Waals surface area contributed by atoms with Crippen LogP contribution in [0.4, 0.5) is 0 Å². The van der Waals surface area contributed by atoms with Crippen LogP contribution in [-0.4, -0.2) is 11.0 Å². The molecule has 0 N–H and O–H groups in total. The predicted octanol–water partition coefficient (Wildman–Crippen LogP) is 6.08. The highest BCUT2D eigenvalue weighted by atomic mass is 35.5. The summed E-state index contributed by atoms with van der Waals surface area (Å²) in [6.45, 7) is 1.90. The Morgan fingerprint density at radius 2 is 1.86 bits per heavy atom. The average Bonchev–Trinajstić information content (AvgIpc) is 3.16. The van der Waals surface area contributed by atoms with E-state index in [-0.39, 0.29) is 0 Å². The van der Waals surface area contributed by atoms with Crippen LogP contribution in [0.2, 0.25) is 5.02 Å². The molecule has 2 heterocycles. The number of para-hydroxylation sites is 1. The van der Waals surface area contributed by atoms with E-state index in [2.05, 4.69) is 4.98 Å². The van der Waals surface area contributed by atoms with Crippen LogP contribution in [0, 0.1) is 6.92 Å². The number of pyridine rings is 1. The van der Waals surface area contributed by atoms with E-state index < -0.39 is 5.97 Å². The van der Waals surface area contributed by atoms with E-state index in [4.69, 9.17) is 20.8 Å². The molecule has 5 heteroatoms. The van der Waals surface area contributed by atoms with Gasteiger partial charge in [0.2, 0.25) is 0 Å². The molecule has 0 saturated carbocycles. The standard InChI is InChI=1S/C23H16ClNO3/c1-15-5-6-17-3-2-4-21(23(17)25-15)28-22(26)14-12-19-11-13-20(27-19)16-7-9-18(24)10-8-16/h2-14H,1H3/b14-12+. The molecule has 2 aromatic carbocycles. The molecule has 4 nitrogen and oxygen atoms in total. The summed E-state index contributed by atoms with van der Waals surface area (Å²) in [6.07, 6.45) is 2.91. The maximum absolute atomic E-state index is 12.2. The molecule has 0 atom stereocenters. The second-order valence-electron chi connectivity index (χ2n) is 6.24. The highest BCUT2D eigenvalue weighted by molar-refractivity contribution is 6.30. The fourth-order valence-corrected chi connectivity index (χ4v) is 2.93. The third-order valence-corrected chi connectivity index (χ3v) is 4.42. The lowest BCUT2D eigenvalue weighted by molar-refractivity contribution is -0.128. The van der Waals surface area contributed by atoms with Crippen LogP contribution in [0.1, 0.15) is 11.5 Å². The van der Waals surface area contributed by atoms with E-state index in [1.807, 2.05) is 49.4 Å². The molecule has 0 bridgehead atoms. The van der Waals surface area contributed by atoms with Gasteiger partial charge in [-0.3, -0.25) is 0 Å². The molecule has 0 unspecified atom stereocenters. The normalized spacial score (nSPS) is 11.2. The van der Waals surface area contributed by atoms with Crippen LogP contribution in [0.25, 0.3) is 28.3 Å². The number of hydrogen-bond donors (Lipinski definition) is 0. The number of ether oxygens (including phenoxy) is 1. The molecular weight excluding hydrogens is 374 g/mol. The lowest BCUT2D eigenvalue weighted by atomic mass is 10.2. The number of aryl methyl sites for hydroxylation is 1.